The van der Waals surface area contributed by atoms with Gasteiger partial charge in [-0.3, -0.25) is 15.0 Å². The van der Waals surface area contributed by atoms with Crippen molar-refractivity contribution in [3.63, 3.8) is 0 Å². The molecule has 3 aromatic heterocycles. The van der Waals surface area contributed by atoms with Gasteiger partial charge in [-0.05, 0) is 106 Å². The number of benzene rings is 5. The third-order valence-electron chi connectivity index (χ3n) is 8.97. The van der Waals surface area contributed by atoms with Gasteiger partial charge < -0.3 is 0 Å². The molecule has 0 N–H and O–H groups in total. The predicted octanol–water partition coefficient (Wildman–Crippen LogP) is 18.3. The molecule has 0 unspecified atom stereocenters. The van der Waals surface area contributed by atoms with Crippen LogP contribution in [0.4, 0.5) is 13.2 Å². The zero-order chi connectivity index (χ0) is 48.3. The van der Waals surface area contributed by atoms with Crippen molar-refractivity contribution in [2.45, 2.75) is 95.2 Å². The van der Waals surface area contributed by atoms with Gasteiger partial charge in [-0.1, -0.05) is 208 Å². The van der Waals surface area contributed by atoms with Crippen LogP contribution in [0.25, 0.3) is 44.5 Å². The van der Waals surface area contributed by atoms with Crippen LogP contribution in [0.5, 0.6) is 0 Å². The molecule has 6 heteroatoms. The second-order valence-corrected chi connectivity index (χ2v) is 13.3. The average molecular weight is 878 g/mol. The molecule has 0 aliphatic rings. The number of hydrogen-bond donors (Lipinski definition) is 0. The molecular weight excluding hydrogens is 808 g/mol. The van der Waals surface area contributed by atoms with Gasteiger partial charge in [0, 0.05) is 37.2 Å². The molecule has 0 amide bonds. The minimum atomic E-state index is -4.27. The summed E-state index contributed by atoms with van der Waals surface area (Å²) < 4.78 is 37.2. The van der Waals surface area contributed by atoms with E-state index in [0.717, 1.165) is 40.8 Å². The SMILES string of the molecule is CC.CC.CC.CC.CCCc1ccc(-c2cccnc2)cc1.Cc1ccc(-c2cccnc2)cc1.Cc1ccccc1-c1ccc(C(F)(F)F)cc1.c1ccc(-c2cccnc2)cc1. The van der Waals surface area contributed by atoms with Crippen LogP contribution in [-0.4, -0.2) is 15.0 Å². The summed E-state index contributed by atoms with van der Waals surface area (Å²) in [4.78, 5) is 12.3. The highest BCUT2D eigenvalue weighted by Gasteiger charge is 2.30. The molecule has 5 aromatic carbocycles. The number of aromatic nitrogens is 3. The smallest absolute Gasteiger partial charge is 0.264 e. The molecule has 3 heterocycles. The van der Waals surface area contributed by atoms with Crippen molar-refractivity contribution in [1.82, 2.24) is 15.0 Å². The molecule has 0 bridgehead atoms. The van der Waals surface area contributed by atoms with Crippen LogP contribution in [0.3, 0.4) is 0 Å². The first kappa shape index (κ1) is 56.4. The van der Waals surface area contributed by atoms with Crippen molar-refractivity contribution in [2.75, 3.05) is 0 Å². The highest BCUT2D eigenvalue weighted by molar-refractivity contribution is 5.67. The van der Waals surface area contributed by atoms with Crippen LogP contribution in [-0.2, 0) is 12.6 Å². The first-order valence-electron chi connectivity index (χ1n) is 22.9. The Kier molecular flexibility index (Phi) is 29.3. The molecule has 342 valence electrons. The minimum absolute atomic E-state index is 0.616. The van der Waals surface area contributed by atoms with Gasteiger partial charge in [0.1, 0.15) is 0 Å². The largest absolute Gasteiger partial charge is 0.416 e. The fraction of sp³-hybridized carbons (Fsp3) is 0.237. The van der Waals surface area contributed by atoms with E-state index in [9.17, 15) is 13.2 Å². The molecule has 65 heavy (non-hydrogen) atoms. The quantitative estimate of drug-likeness (QED) is 0.167. The second kappa shape index (κ2) is 33.8. The van der Waals surface area contributed by atoms with E-state index in [1.807, 2.05) is 142 Å². The molecule has 0 saturated heterocycles. The lowest BCUT2D eigenvalue weighted by molar-refractivity contribution is -0.137. The molecule has 0 aliphatic carbocycles. The maximum Gasteiger partial charge on any atom is 0.416 e. The average Bonchev–Trinajstić information content (AvgIpc) is 3.38. The minimum Gasteiger partial charge on any atom is -0.264 e. The number of halogens is 3. The monoisotopic (exact) mass is 878 g/mol. The van der Waals surface area contributed by atoms with Crippen LogP contribution in [0.1, 0.15) is 91.0 Å². The van der Waals surface area contributed by atoms with E-state index in [4.69, 9.17) is 0 Å². The summed E-state index contributed by atoms with van der Waals surface area (Å²) in [5.41, 5.74) is 12.1. The number of pyridine rings is 3. The lowest BCUT2D eigenvalue weighted by atomic mass is 9.99. The zero-order valence-electron chi connectivity index (χ0n) is 40.4. The van der Waals surface area contributed by atoms with Crippen molar-refractivity contribution in [2.24, 2.45) is 0 Å². The Morgan fingerprint density at radius 3 is 1.14 bits per heavy atom. The molecule has 0 saturated carbocycles. The van der Waals surface area contributed by atoms with Gasteiger partial charge in [-0.2, -0.15) is 13.2 Å². The maximum absolute atomic E-state index is 12.4. The van der Waals surface area contributed by atoms with Crippen molar-refractivity contribution in [1.29, 1.82) is 0 Å². The van der Waals surface area contributed by atoms with Crippen LogP contribution in [0, 0.1) is 13.8 Å². The van der Waals surface area contributed by atoms with Gasteiger partial charge in [0.15, 0.2) is 0 Å². The molecule has 8 rings (SSSR count). The van der Waals surface area contributed by atoms with Gasteiger partial charge in [0.05, 0.1) is 5.56 Å². The number of alkyl halides is 3. The summed E-state index contributed by atoms with van der Waals surface area (Å²) in [6.07, 6.45) is 9.11. The standard InChI is InChI=1S/C14H11F3.C14H15N.C12H11N.C11H9N.4C2H6/c1-10-4-2-3-5-13(10)11-6-8-12(9-7-11)14(15,16)17;1-2-4-12-6-8-13(9-7-12)14-5-3-10-15-11-14;1-10-4-6-11(7-5-10)12-3-2-8-13-9-12;1-2-5-10(6-3-1)11-7-4-8-12-9-11;4*1-2/h2-9H,1H3;3,5-11H,2,4H2,1H3;2-9H,1H3;1-9H;4*1-2H3. The molecule has 8 aromatic rings. The molecule has 3 nitrogen and oxygen atoms in total. The summed E-state index contributed by atoms with van der Waals surface area (Å²) in [5.74, 6) is 0. The van der Waals surface area contributed by atoms with E-state index in [1.165, 1.54) is 57.5 Å². The number of rotatable bonds is 6. The molecule has 0 aliphatic heterocycles. The number of hydrogen-bond acceptors (Lipinski definition) is 3. The Labute approximate surface area is 389 Å². The Bertz CT molecular complexity index is 2280. The van der Waals surface area contributed by atoms with Gasteiger partial charge in [-0.15, -0.1) is 0 Å². The van der Waals surface area contributed by atoms with Crippen LogP contribution in [0.2, 0.25) is 0 Å². The lowest BCUT2D eigenvalue weighted by Crippen LogP contribution is -2.04. The third-order valence-corrected chi connectivity index (χ3v) is 8.97. The van der Waals surface area contributed by atoms with Crippen molar-refractivity contribution >= 4 is 0 Å². The van der Waals surface area contributed by atoms with E-state index in [2.05, 4.69) is 108 Å². The predicted molar refractivity (Wildman–Crippen MR) is 275 cm³/mol. The highest BCUT2D eigenvalue weighted by Crippen LogP contribution is 2.31. The van der Waals surface area contributed by atoms with Crippen LogP contribution < -0.4 is 0 Å². The van der Waals surface area contributed by atoms with E-state index >= 15 is 0 Å². The van der Waals surface area contributed by atoms with Gasteiger partial charge in [0.2, 0.25) is 0 Å². The van der Waals surface area contributed by atoms with E-state index in [0.29, 0.717) is 0 Å². The fourth-order valence-electron chi connectivity index (χ4n) is 5.87. The summed E-state index contributed by atoms with van der Waals surface area (Å²) in [6.45, 7) is 22.2. The van der Waals surface area contributed by atoms with Crippen molar-refractivity contribution in [3.05, 3.63) is 223 Å². The lowest BCUT2D eigenvalue weighted by Gasteiger charge is -2.09. The summed E-state index contributed by atoms with van der Waals surface area (Å²) >= 11 is 0. The molecule has 0 radical (unpaired) electrons. The molecule has 0 atom stereocenters. The van der Waals surface area contributed by atoms with E-state index in [1.54, 1.807) is 18.6 Å². The fourth-order valence-corrected chi connectivity index (χ4v) is 5.87. The molecule has 0 fully saturated rings. The normalized spacial score (nSPS) is 9.51. The Hall–Kier alpha value is -6.66. The summed E-state index contributed by atoms with van der Waals surface area (Å²) in [6, 6.07) is 52.4. The number of aryl methyl sites for hydroxylation is 3. The Balaban J connectivity index is 0.000000414. The van der Waals surface area contributed by atoms with Gasteiger partial charge in [-0.25, -0.2) is 0 Å². The van der Waals surface area contributed by atoms with Crippen molar-refractivity contribution in [3.8, 4) is 44.5 Å². The molecular formula is C59H70F3N3. The molecule has 0 spiro atoms. The first-order valence-corrected chi connectivity index (χ1v) is 22.9. The Morgan fingerprint density at radius 1 is 0.385 bits per heavy atom. The highest BCUT2D eigenvalue weighted by atomic mass is 19.4. The van der Waals surface area contributed by atoms with E-state index in [-0.39, 0.29) is 0 Å². The zero-order valence-corrected chi connectivity index (χ0v) is 40.4. The van der Waals surface area contributed by atoms with Gasteiger partial charge in [0.25, 0.3) is 0 Å². The Morgan fingerprint density at radius 2 is 0.754 bits per heavy atom. The number of nitrogens with zero attached hydrogens (tertiary/aromatic N) is 3. The van der Waals surface area contributed by atoms with Gasteiger partial charge >= 0.3 is 6.18 Å². The topological polar surface area (TPSA) is 38.7 Å². The van der Waals surface area contributed by atoms with Crippen molar-refractivity contribution < 1.29 is 13.2 Å². The summed E-state index contributed by atoms with van der Waals surface area (Å²) in [5, 5.41) is 0. The summed E-state index contributed by atoms with van der Waals surface area (Å²) in [7, 11) is 0. The van der Waals surface area contributed by atoms with E-state index < -0.39 is 11.7 Å². The van der Waals surface area contributed by atoms with Crippen LogP contribution in [0.15, 0.2) is 201 Å². The maximum atomic E-state index is 12.4. The third kappa shape index (κ3) is 21.0. The van der Waals surface area contributed by atoms with Crippen LogP contribution >= 0.6 is 0 Å². The first-order chi connectivity index (χ1) is 31.7. The second-order valence-electron chi connectivity index (χ2n) is 13.3.